The van der Waals surface area contributed by atoms with Crippen LogP contribution >= 0.6 is 27.3 Å². The van der Waals surface area contributed by atoms with E-state index in [1.165, 1.54) is 11.3 Å². The van der Waals surface area contributed by atoms with Crippen LogP contribution in [0.4, 0.5) is 0 Å². The third-order valence-corrected chi connectivity index (χ3v) is 6.04. The van der Waals surface area contributed by atoms with E-state index >= 15 is 0 Å². The number of allylic oxidation sites excluding steroid dienone is 1. The second-order valence-electron chi connectivity index (χ2n) is 6.96. The number of nitrogens with two attached hydrogens (primary N) is 1. The van der Waals surface area contributed by atoms with Gasteiger partial charge in [-0.15, -0.1) is 11.3 Å². The molecule has 1 amide bonds. The van der Waals surface area contributed by atoms with Gasteiger partial charge in [-0.1, -0.05) is 28.6 Å². The number of aliphatic hydroxyl groups excluding tert-OH is 2. The number of halogens is 1. The van der Waals surface area contributed by atoms with Crippen molar-refractivity contribution in [3.63, 3.8) is 0 Å². The molecule has 0 spiro atoms. The first-order valence-electron chi connectivity index (χ1n) is 10.1. The molecular formula is C23H29BrN2O5S. The Hall–Kier alpha value is -2.17. The second kappa shape index (κ2) is 13.4. The first kappa shape index (κ1) is 26.1. The van der Waals surface area contributed by atoms with Gasteiger partial charge in [-0.25, -0.2) is 0 Å². The summed E-state index contributed by atoms with van der Waals surface area (Å²) >= 11 is 4.82. The molecule has 1 heterocycles. The standard InChI is InChI=1S/C23H29BrN2O5S/c1-3-20(23(29)26-9-4-10-30-13-18(28)11-27)22-21(15(2)25)16(14-32-22)12-31-19-7-5-17(24)6-8-19/h3,5-8,14,18,27-28H,2,4,9-13,25H2,1H3,(H,26,29)/b20-3+. The predicted molar refractivity (Wildman–Crippen MR) is 131 cm³/mol. The van der Waals surface area contributed by atoms with Crippen LogP contribution in [0.25, 0.3) is 11.3 Å². The molecular weight excluding hydrogens is 496 g/mol. The van der Waals surface area contributed by atoms with Gasteiger partial charge in [0.15, 0.2) is 0 Å². The van der Waals surface area contributed by atoms with Crippen molar-refractivity contribution in [1.29, 1.82) is 0 Å². The highest BCUT2D eigenvalue weighted by molar-refractivity contribution is 9.10. The average molecular weight is 525 g/mol. The lowest BCUT2D eigenvalue weighted by Gasteiger charge is -2.12. The smallest absolute Gasteiger partial charge is 0.252 e. The number of thiophene rings is 1. The van der Waals surface area contributed by atoms with Crippen LogP contribution in [0.1, 0.15) is 29.3 Å². The van der Waals surface area contributed by atoms with Crippen molar-refractivity contribution in [3.8, 4) is 5.75 Å². The number of hydrogen-bond donors (Lipinski definition) is 4. The summed E-state index contributed by atoms with van der Waals surface area (Å²) in [6.07, 6.45) is 1.44. The fourth-order valence-corrected chi connectivity index (χ4v) is 4.28. The van der Waals surface area contributed by atoms with E-state index in [1.54, 1.807) is 13.0 Å². The maximum Gasteiger partial charge on any atom is 0.252 e. The molecule has 1 aromatic carbocycles. The summed E-state index contributed by atoms with van der Waals surface area (Å²) in [4.78, 5) is 13.5. The van der Waals surface area contributed by atoms with Crippen LogP contribution in [-0.2, 0) is 16.1 Å². The maximum atomic E-state index is 12.8. The fourth-order valence-electron chi connectivity index (χ4n) is 2.85. The first-order chi connectivity index (χ1) is 15.4. The molecule has 32 heavy (non-hydrogen) atoms. The molecule has 0 saturated heterocycles. The van der Waals surface area contributed by atoms with Crippen molar-refractivity contribution in [2.75, 3.05) is 26.4 Å². The third-order valence-electron chi connectivity index (χ3n) is 4.45. The van der Waals surface area contributed by atoms with Crippen LogP contribution in [0.3, 0.4) is 0 Å². The van der Waals surface area contributed by atoms with Gasteiger partial charge in [-0.3, -0.25) is 4.79 Å². The van der Waals surface area contributed by atoms with Gasteiger partial charge < -0.3 is 30.7 Å². The van der Waals surface area contributed by atoms with Gasteiger partial charge in [0, 0.05) is 39.3 Å². The van der Waals surface area contributed by atoms with Crippen molar-refractivity contribution in [2.24, 2.45) is 5.73 Å². The lowest BCUT2D eigenvalue weighted by atomic mass is 10.0. The Kier molecular flexibility index (Phi) is 10.9. The second-order valence-corrected chi connectivity index (χ2v) is 8.75. The molecule has 0 saturated carbocycles. The molecule has 1 aromatic heterocycles. The Morgan fingerprint density at radius 2 is 2.09 bits per heavy atom. The summed E-state index contributed by atoms with van der Waals surface area (Å²) < 4.78 is 12.1. The zero-order chi connectivity index (χ0) is 23.5. The number of carbonyl (C=O) groups is 1. The van der Waals surface area contributed by atoms with E-state index in [0.29, 0.717) is 37.4 Å². The number of rotatable bonds is 13. The summed E-state index contributed by atoms with van der Waals surface area (Å²) in [5, 5.41) is 22.8. The van der Waals surface area contributed by atoms with E-state index in [0.717, 1.165) is 26.2 Å². The average Bonchev–Trinajstić information content (AvgIpc) is 3.20. The Morgan fingerprint density at radius 1 is 1.38 bits per heavy atom. The maximum absolute atomic E-state index is 12.8. The number of aliphatic hydroxyl groups is 2. The Balaban J connectivity index is 1.99. The number of carbonyl (C=O) groups excluding carboxylic acids is 1. The minimum atomic E-state index is -0.886. The summed E-state index contributed by atoms with van der Waals surface area (Å²) in [7, 11) is 0. The Bertz CT molecular complexity index is 927. The number of amides is 1. The van der Waals surface area contributed by atoms with Crippen LogP contribution in [0, 0.1) is 0 Å². The minimum absolute atomic E-state index is 0.0623. The van der Waals surface area contributed by atoms with Crippen LogP contribution in [-0.4, -0.2) is 48.6 Å². The zero-order valence-corrected chi connectivity index (χ0v) is 20.4. The van der Waals surface area contributed by atoms with Crippen molar-refractivity contribution in [1.82, 2.24) is 5.32 Å². The summed E-state index contributed by atoms with van der Waals surface area (Å²) in [6, 6.07) is 7.54. The normalized spacial score (nSPS) is 12.4. The van der Waals surface area contributed by atoms with E-state index in [-0.39, 0.29) is 19.1 Å². The molecule has 0 aliphatic carbocycles. The fraction of sp³-hybridized carbons (Fsp3) is 0.348. The molecule has 5 N–H and O–H groups in total. The van der Waals surface area contributed by atoms with Gasteiger partial charge in [-0.05, 0) is 43.0 Å². The Morgan fingerprint density at radius 3 is 2.72 bits per heavy atom. The topological polar surface area (TPSA) is 114 Å². The molecule has 2 rings (SSSR count). The highest BCUT2D eigenvalue weighted by Gasteiger charge is 2.21. The molecule has 0 radical (unpaired) electrons. The summed E-state index contributed by atoms with van der Waals surface area (Å²) in [5.74, 6) is 0.514. The van der Waals surface area contributed by atoms with Crippen LogP contribution in [0.5, 0.6) is 5.75 Å². The quantitative estimate of drug-likeness (QED) is 0.236. The van der Waals surface area contributed by atoms with E-state index in [9.17, 15) is 9.90 Å². The minimum Gasteiger partial charge on any atom is -0.489 e. The number of ether oxygens (including phenoxy) is 2. The van der Waals surface area contributed by atoms with Crippen molar-refractivity contribution in [2.45, 2.75) is 26.1 Å². The van der Waals surface area contributed by atoms with E-state index in [2.05, 4.69) is 27.8 Å². The summed E-state index contributed by atoms with van der Waals surface area (Å²) in [5.41, 5.74) is 8.54. The predicted octanol–water partition coefficient (Wildman–Crippen LogP) is 3.30. The molecule has 1 unspecified atom stereocenters. The van der Waals surface area contributed by atoms with Crippen LogP contribution in [0.2, 0.25) is 0 Å². The third kappa shape index (κ3) is 7.75. The Labute approximate surface area is 200 Å². The highest BCUT2D eigenvalue weighted by atomic mass is 79.9. The van der Waals surface area contributed by atoms with E-state index in [4.69, 9.17) is 20.3 Å². The van der Waals surface area contributed by atoms with E-state index in [1.807, 2.05) is 29.6 Å². The molecule has 0 aliphatic heterocycles. The van der Waals surface area contributed by atoms with Gasteiger partial charge >= 0.3 is 0 Å². The molecule has 174 valence electrons. The largest absolute Gasteiger partial charge is 0.489 e. The van der Waals surface area contributed by atoms with Gasteiger partial charge in [0.2, 0.25) is 0 Å². The van der Waals surface area contributed by atoms with Crippen LogP contribution in [0.15, 0.2) is 46.8 Å². The SMILES string of the molecule is C=C(N)c1c(COc2ccc(Br)cc2)csc1/C(=C\C)C(=O)NCCCOCC(O)CO. The highest BCUT2D eigenvalue weighted by Crippen LogP contribution is 2.33. The molecule has 2 aromatic rings. The first-order valence-corrected chi connectivity index (χ1v) is 11.8. The lowest BCUT2D eigenvalue weighted by Crippen LogP contribution is -2.27. The van der Waals surface area contributed by atoms with E-state index < -0.39 is 6.10 Å². The number of benzene rings is 1. The lowest BCUT2D eigenvalue weighted by molar-refractivity contribution is -0.115. The summed E-state index contributed by atoms with van der Waals surface area (Å²) in [6.45, 7) is 6.49. The van der Waals surface area contributed by atoms with Gasteiger partial charge in [0.05, 0.1) is 18.8 Å². The molecule has 9 heteroatoms. The molecule has 7 nitrogen and oxygen atoms in total. The molecule has 1 atom stereocenters. The van der Waals surface area contributed by atoms with Crippen LogP contribution < -0.4 is 15.8 Å². The molecule has 0 aliphatic rings. The monoisotopic (exact) mass is 524 g/mol. The van der Waals surface area contributed by atoms with Crippen molar-refractivity contribution in [3.05, 3.63) is 62.8 Å². The molecule has 0 bridgehead atoms. The zero-order valence-electron chi connectivity index (χ0n) is 18.0. The van der Waals surface area contributed by atoms with Gasteiger partial charge in [-0.2, -0.15) is 0 Å². The number of nitrogens with one attached hydrogen (secondary N) is 1. The molecule has 0 fully saturated rings. The van der Waals surface area contributed by atoms with Gasteiger partial charge in [0.1, 0.15) is 18.5 Å². The van der Waals surface area contributed by atoms with Gasteiger partial charge in [0.25, 0.3) is 5.91 Å². The number of hydrogen-bond acceptors (Lipinski definition) is 7. The van der Waals surface area contributed by atoms with Crippen molar-refractivity contribution < 1.29 is 24.5 Å². The van der Waals surface area contributed by atoms with Crippen molar-refractivity contribution >= 4 is 44.4 Å².